The lowest BCUT2D eigenvalue weighted by Crippen LogP contribution is -2.47. The molecule has 1 saturated carbocycles. The Hall–Kier alpha value is -0.580. The summed E-state index contributed by atoms with van der Waals surface area (Å²) in [5, 5.41) is 13.2. The fourth-order valence-electron chi connectivity index (χ4n) is 3.90. The summed E-state index contributed by atoms with van der Waals surface area (Å²) < 4.78 is 0.816. The monoisotopic (exact) mass is 352 g/mol. The van der Waals surface area contributed by atoms with Crippen LogP contribution in [-0.2, 0) is 0 Å². The molecule has 4 heteroatoms. The maximum atomic E-state index is 9.78. The Kier molecular flexibility index (Phi) is 5.19. The number of phenols is 1. The highest BCUT2D eigenvalue weighted by Gasteiger charge is 2.31. The van der Waals surface area contributed by atoms with Crippen LogP contribution in [0.25, 0.3) is 0 Å². The Morgan fingerprint density at radius 2 is 1.86 bits per heavy atom. The van der Waals surface area contributed by atoms with Crippen LogP contribution in [0.15, 0.2) is 22.7 Å². The topological polar surface area (TPSA) is 35.5 Å². The maximum absolute atomic E-state index is 9.78. The molecule has 1 aromatic carbocycles. The summed E-state index contributed by atoms with van der Waals surface area (Å²) in [6.07, 6.45) is 6.81. The van der Waals surface area contributed by atoms with E-state index in [0.29, 0.717) is 11.8 Å². The number of phenolic OH excluding ortho intramolecular Hbond substituents is 1. The van der Waals surface area contributed by atoms with Gasteiger partial charge in [-0.15, -0.1) is 0 Å². The maximum Gasteiger partial charge on any atom is 0.129 e. The zero-order valence-corrected chi connectivity index (χ0v) is 14.1. The van der Waals surface area contributed by atoms with Gasteiger partial charge >= 0.3 is 0 Å². The number of nitrogens with one attached hydrogen (secondary N) is 1. The molecule has 2 fully saturated rings. The SMILES string of the molecule is Oc1ccc([C@@H](C2CCCCC2)N2CCNCC2)cc1Br. The normalized spacial score (nSPS) is 23.1. The Bertz CT molecular complexity index is 450. The third kappa shape index (κ3) is 3.61. The van der Waals surface area contributed by atoms with E-state index in [1.54, 1.807) is 0 Å². The molecule has 116 valence electrons. The van der Waals surface area contributed by atoms with Crippen molar-refractivity contribution in [2.75, 3.05) is 26.2 Å². The first-order chi connectivity index (χ1) is 10.3. The number of piperazine rings is 1. The molecule has 0 radical (unpaired) electrons. The highest BCUT2D eigenvalue weighted by atomic mass is 79.9. The van der Waals surface area contributed by atoms with Crippen LogP contribution in [0.2, 0.25) is 0 Å². The highest BCUT2D eigenvalue weighted by Crippen LogP contribution is 2.40. The van der Waals surface area contributed by atoms with E-state index in [4.69, 9.17) is 0 Å². The van der Waals surface area contributed by atoms with Crippen molar-refractivity contribution in [3.8, 4) is 5.75 Å². The lowest BCUT2D eigenvalue weighted by Gasteiger charge is -2.41. The van der Waals surface area contributed by atoms with Crippen molar-refractivity contribution in [3.63, 3.8) is 0 Å². The van der Waals surface area contributed by atoms with Crippen LogP contribution in [0.1, 0.15) is 43.7 Å². The van der Waals surface area contributed by atoms with E-state index in [9.17, 15) is 5.11 Å². The van der Waals surface area contributed by atoms with Gasteiger partial charge in [0, 0.05) is 32.2 Å². The van der Waals surface area contributed by atoms with Gasteiger partial charge in [0.05, 0.1) is 4.47 Å². The van der Waals surface area contributed by atoms with Gasteiger partial charge in [-0.05, 0) is 52.4 Å². The van der Waals surface area contributed by atoms with Gasteiger partial charge in [0.25, 0.3) is 0 Å². The Morgan fingerprint density at radius 1 is 1.14 bits per heavy atom. The van der Waals surface area contributed by atoms with Gasteiger partial charge < -0.3 is 10.4 Å². The van der Waals surface area contributed by atoms with Gasteiger partial charge in [-0.25, -0.2) is 0 Å². The van der Waals surface area contributed by atoms with Crippen LogP contribution in [0.4, 0.5) is 0 Å². The first-order valence-electron chi connectivity index (χ1n) is 8.19. The molecular formula is C17H25BrN2O. The Labute approximate surface area is 135 Å². The molecular weight excluding hydrogens is 328 g/mol. The van der Waals surface area contributed by atoms with Crippen molar-refractivity contribution in [2.45, 2.75) is 38.1 Å². The van der Waals surface area contributed by atoms with Crippen LogP contribution in [0, 0.1) is 5.92 Å². The Morgan fingerprint density at radius 3 is 2.52 bits per heavy atom. The summed E-state index contributed by atoms with van der Waals surface area (Å²) in [7, 11) is 0. The largest absolute Gasteiger partial charge is 0.507 e. The van der Waals surface area contributed by atoms with E-state index in [1.165, 1.54) is 37.7 Å². The lowest BCUT2D eigenvalue weighted by atomic mass is 9.80. The van der Waals surface area contributed by atoms with Crippen molar-refractivity contribution in [1.29, 1.82) is 0 Å². The molecule has 1 aliphatic heterocycles. The first kappa shape index (κ1) is 15.3. The fourth-order valence-corrected chi connectivity index (χ4v) is 4.29. The molecule has 3 rings (SSSR count). The van der Waals surface area contributed by atoms with Crippen LogP contribution in [0.5, 0.6) is 5.75 Å². The van der Waals surface area contributed by atoms with Gasteiger partial charge in [-0.3, -0.25) is 4.90 Å². The minimum atomic E-state index is 0.335. The molecule has 1 aromatic rings. The predicted molar refractivity (Wildman–Crippen MR) is 89.6 cm³/mol. The van der Waals surface area contributed by atoms with E-state index in [1.807, 2.05) is 6.07 Å². The van der Waals surface area contributed by atoms with Gasteiger partial charge in [-0.1, -0.05) is 25.3 Å². The predicted octanol–water partition coefficient (Wildman–Crippen LogP) is 3.68. The van der Waals surface area contributed by atoms with E-state index in [2.05, 4.69) is 38.3 Å². The van der Waals surface area contributed by atoms with Crippen LogP contribution in [-0.4, -0.2) is 36.2 Å². The number of nitrogens with zero attached hydrogens (tertiary/aromatic N) is 1. The van der Waals surface area contributed by atoms with Crippen molar-refractivity contribution in [2.24, 2.45) is 5.92 Å². The van der Waals surface area contributed by atoms with Crippen LogP contribution in [0.3, 0.4) is 0 Å². The minimum absolute atomic E-state index is 0.335. The minimum Gasteiger partial charge on any atom is -0.507 e. The summed E-state index contributed by atoms with van der Waals surface area (Å²) in [6, 6.07) is 6.57. The molecule has 0 aromatic heterocycles. The summed E-state index contributed by atoms with van der Waals surface area (Å²) in [6.45, 7) is 4.42. The molecule has 2 N–H and O–H groups in total. The van der Waals surface area contributed by atoms with Gasteiger partial charge in [0.2, 0.25) is 0 Å². The number of halogens is 1. The number of hydrogen-bond donors (Lipinski definition) is 2. The average molecular weight is 353 g/mol. The summed E-state index contributed by atoms with van der Waals surface area (Å²) in [5.74, 6) is 1.09. The van der Waals surface area contributed by atoms with E-state index >= 15 is 0 Å². The molecule has 1 heterocycles. The lowest BCUT2D eigenvalue weighted by molar-refractivity contribution is 0.103. The Balaban J connectivity index is 1.87. The molecule has 1 saturated heterocycles. The smallest absolute Gasteiger partial charge is 0.129 e. The second-order valence-corrected chi connectivity index (χ2v) is 7.19. The van der Waals surface area contributed by atoms with Crippen molar-refractivity contribution >= 4 is 15.9 Å². The number of aromatic hydroxyl groups is 1. The van der Waals surface area contributed by atoms with E-state index in [-0.39, 0.29) is 0 Å². The zero-order chi connectivity index (χ0) is 14.7. The quantitative estimate of drug-likeness (QED) is 0.870. The van der Waals surface area contributed by atoms with E-state index in [0.717, 1.165) is 36.6 Å². The van der Waals surface area contributed by atoms with Gasteiger partial charge in [-0.2, -0.15) is 0 Å². The third-order valence-corrected chi connectivity index (χ3v) is 5.59. The molecule has 2 aliphatic rings. The number of benzene rings is 1. The molecule has 0 amide bonds. The van der Waals surface area contributed by atoms with Crippen molar-refractivity contribution < 1.29 is 5.11 Å². The molecule has 0 bridgehead atoms. The molecule has 0 spiro atoms. The zero-order valence-electron chi connectivity index (χ0n) is 12.5. The third-order valence-electron chi connectivity index (χ3n) is 4.95. The molecule has 21 heavy (non-hydrogen) atoms. The summed E-state index contributed by atoms with van der Waals surface area (Å²) in [4.78, 5) is 2.64. The number of hydrogen-bond acceptors (Lipinski definition) is 3. The first-order valence-corrected chi connectivity index (χ1v) is 8.98. The second kappa shape index (κ2) is 7.12. The average Bonchev–Trinajstić information content (AvgIpc) is 2.53. The standard InChI is InChI=1S/C17H25BrN2O/c18-15-12-14(6-7-16(15)21)17(13-4-2-1-3-5-13)20-10-8-19-9-11-20/h6-7,12-13,17,19,21H,1-5,8-11H2/t17-/m1/s1. The fraction of sp³-hybridized carbons (Fsp3) is 0.647. The van der Waals surface area contributed by atoms with Crippen molar-refractivity contribution in [3.05, 3.63) is 28.2 Å². The van der Waals surface area contributed by atoms with Crippen LogP contribution >= 0.6 is 15.9 Å². The highest BCUT2D eigenvalue weighted by molar-refractivity contribution is 9.10. The molecule has 0 unspecified atom stereocenters. The molecule has 3 nitrogen and oxygen atoms in total. The molecule has 1 aliphatic carbocycles. The van der Waals surface area contributed by atoms with Crippen molar-refractivity contribution in [1.82, 2.24) is 10.2 Å². The van der Waals surface area contributed by atoms with E-state index < -0.39 is 0 Å². The summed E-state index contributed by atoms with van der Waals surface area (Å²) in [5.41, 5.74) is 1.36. The number of rotatable bonds is 3. The van der Waals surface area contributed by atoms with Gasteiger partial charge in [0.1, 0.15) is 5.75 Å². The van der Waals surface area contributed by atoms with Gasteiger partial charge in [0.15, 0.2) is 0 Å². The van der Waals surface area contributed by atoms with Crippen LogP contribution < -0.4 is 5.32 Å². The second-order valence-electron chi connectivity index (χ2n) is 6.34. The molecule has 1 atom stereocenters. The summed E-state index contributed by atoms with van der Waals surface area (Å²) >= 11 is 3.48.